The van der Waals surface area contributed by atoms with Crippen molar-refractivity contribution in [1.29, 1.82) is 5.26 Å². The van der Waals surface area contributed by atoms with Crippen LogP contribution in [0.5, 0.6) is 0 Å². The molecule has 10 nitrogen and oxygen atoms in total. The fourth-order valence-electron chi connectivity index (χ4n) is 4.84. The molecule has 2 aliphatic heterocycles. The Bertz CT molecular complexity index is 1300. The number of rotatable bonds is 6. The van der Waals surface area contributed by atoms with E-state index in [0.29, 0.717) is 29.4 Å². The predicted molar refractivity (Wildman–Crippen MR) is 145 cm³/mol. The molecule has 0 spiro atoms. The predicted octanol–water partition coefficient (Wildman–Crippen LogP) is 3.97. The van der Waals surface area contributed by atoms with Crippen LogP contribution in [0, 0.1) is 11.3 Å². The second kappa shape index (κ2) is 11.9. The zero-order chi connectivity index (χ0) is 26.3. The van der Waals surface area contributed by atoms with Crippen molar-refractivity contribution >= 4 is 29.0 Å². The average Bonchev–Trinajstić information content (AvgIpc) is 2.98. The van der Waals surface area contributed by atoms with E-state index in [1.807, 2.05) is 18.2 Å². The molecule has 2 fully saturated rings. The van der Waals surface area contributed by atoms with Gasteiger partial charge in [-0.05, 0) is 61.7 Å². The highest BCUT2D eigenvalue weighted by Crippen LogP contribution is 2.27. The number of hydrogen-bond acceptors (Lipinski definition) is 8. The fourth-order valence-corrected chi connectivity index (χ4v) is 4.84. The van der Waals surface area contributed by atoms with Gasteiger partial charge < -0.3 is 30.3 Å². The van der Waals surface area contributed by atoms with Crippen molar-refractivity contribution in [1.82, 2.24) is 14.9 Å². The fraction of sp³-hybridized carbons (Fsp3) is 0.357. The summed E-state index contributed by atoms with van der Waals surface area (Å²) in [6.07, 6.45) is 4.33. The van der Waals surface area contributed by atoms with E-state index in [0.717, 1.165) is 62.5 Å². The molecule has 1 unspecified atom stereocenters. The van der Waals surface area contributed by atoms with Gasteiger partial charge in [0.05, 0.1) is 42.8 Å². The summed E-state index contributed by atoms with van der Waals surface area (Å²) in [7, 11) is 0. The van der Waals surface area contributed by atoms with Gasteiger partial charge in [-0.25, -0.2) is 14.8 Å². The molecule has 0 bridgehead atoms. The quantitative estimate of drug-likeness (QED) is 0.452. The molecule has 0 radical (unpaired) electrons. The zero-order valence-corrected chi connectivity index (χ0v) is 21.1. The first-order chi connectivity index (χ1) is 18.6. The highest BCUT2D eigenvalue weighted by molar-refractivity contribution is 5.91. The Hall–Kier alpha value is -4.20. The molecule has 3 N–H and O–H groups in total. The summed E-state index contributed by atoms with van der Waals surface area (Å²) in [5.41, 5.74) is 4.17. The van der Waals surface area contributed by atoms with Crippen LogP contribution in [0.25, 0.3) is 11.3 Å². The molecule has 3 heterocycles. The monoisotopic (exact) mass is 513 g/mol. The van der Waals surface area contributed by atoms with Crippen LogP contribution in [-0.4, -0.2) is 71.5 Å². The third-order valence-electron chi connectivity index (χ3n) is 6.93. The van der Waals surface area contributed by atoms with E-state index in [1.54, 1.807) is 29.3 Å². The van der Waals surface area contributed by atoms with Crippen LogP contribution in [0.4, 0.5) is 27.8 Å². The van der Waals surface area contributed by atoms with Gasteiger partial charge in [0.2, 0.25) is 5.95 Å². The summed E-state index contributed by atoms with van der Waals surface area (Å²) in [4.78, 5) is 25.8. The van der Waals surface area contributed by atoms with E-state index in [-0.39, 0.29) is 18.7 Å². The van der Waals surface area contributed by atoms with Gasteiger partial charge >= 0.3 is 6.03 Å². The Balaban J connectivity index is 1.28. The maximum absolute atomic E-state index is 12.8. The number of carbonyl (C=O) groups is 1. The van der Waals surface area contributed by atoms with Crippen molar-refractivity contribution in [3.8, 4) is 17.3 Å². The average molecular weight is 514 g/mol. The normalized spacial score (nSPS) is 17.5. The van der Waals surface area contributed by atoms with Gasteiger partial charge in [-0.15, -0.1) is 0 Å². The number of nitriles is 1. The molecule has 10 heteroatoms. The summed E-state index contributed by atoms with van der Waals surface area (Å²) in [6.45, 7) is 3.76. The van der Waals surface area contributed by atoms with E-state index in [9.17, 15) is 15.2 Å². The Morgan fingerprint density at radius 2 is 1.92 bits per heavy atom. The molecule has 1 aromatic heterocycles. The molecule has 3 aromatic rings. The molecular weight excluding hydrogens is 482 g/mol. The lowest BCUT2D eigenvalue weighted by molar-refractivity contribution is 0.115. The van der Waals surface area contributed by atoms with E-state index in [4.69, 9.17) is 4.74 Å². The van der Waals surface area contributed by atoms with Crippen LogP contribution in [-0.2, 0) is 4.74 Å². The van der Waals surface area contributed by atoms with E-state index >= 15 is 0 Å². The molecular formula is C28H31N7O3. The van der Waals surface area contributed by atoms with Crippen LogP contribution in [0.3, 0.4) is 0 Å². The van der Waals surface area contributed by atoms with E-state index < -0.39 is 0 Å². The number of piperidine rings is 1. The molecule has 0 saturated carbocycles. The Labute approximate surface area is 221 Å². The summed E-state index contributed by atoms with van der Waals surface area (Å²) >= 11 is 0. The summed E-state index contributed by atoms with van der Waals surface area (Å²) < 4.78 is 5.43. The van der Waals surface area contributed by atoms with Crippen molar-refractivity contribution in [3.05, 3.63) is 60.3 Å². The molecule has 1 atom stereocenters. The number of nitrogens with zero attached hydrogens (tertiary/aromatic N) is 5. The topological polar surface area (TPSA) is 127 Å². The Morgan fingerprint density at radius 3 is 2.68 bits per heavy atom. The minimum absolute atomic E-state index is 0.0699. The number of likely N-dealkylation sites (tertiary alicyclic amines) is 1. The van der Waals surface area contributed by atoms with E-state index in [2.05, 4.69) is 43.7 Å². The van der Waals surface area contributed by atoms with Gasteiger partial charge in [-0.3, -0.25) is 0 Å². The number of urea groups is 1. The minimum atomic E-state index is -0.304. The molecule has 0 aliphatic carbocycles. The maximum Gasteiger partial charge on any atom is 0.322 e. The number of anilines is 4. The number of carbonyl (C=O) groups excluding carboxylic acids is 1. The number of morpholine rings is 1. The Kier molecular flexibility index (Phi) is 7.97. The van der Waals surface area contributed by atoms with Crippen LogP contribution in [0.1, 0.15) is 24.8 Å². The molecule has 5 rings (SSSR count). The molecule has 38 heavy (non-hydrogen) atoms. The molecule has 2 aromatic carbocycles. The van der Waals surface area contributed by atoms with Crippen molar-refractivity contribution in [2.24, 2.45) is 0 Å². The SMILES string of the molecule is N#Cc1cc(-c2ccnc(Nc3ccc(N4CCOCC4)cc3)n2)ccc1NC(=O)N1CCCCC1CO. The number of aromatic nitrogens is 2. The lowest BCUT2D eigenvalue weighted by atomic mass is 10.0. The van der Waals surface area contributed by atoms with Crippen LogP contribution >= 0.6 is 0 Å². The number of ether oxygens (including phenoxy) is 1. The number of aliphatic hydroxyl groups excluding tert-OH is 1. The summed E-state index contributed by atoms with van der Waals surface area (Å²) in [6, 6.07) is 16.8. The summed E-state index contributed by atoms with van der Waals surface area (Å²) in [5, 5.41) is 25.5. The lowest BCUT2D eigenvalue weighted by Crippen LogP contribution is -2.47. The number of nitrogens with one attached hydrogen (secondary N) is 2. The molecule has 196 valence electrons. The zero-order valence-electron chi connectivity index (χ0n) is 21.1. The first-order valence-electron chi connectivity index (χ1n) is 12.9. The van der Waals surface area contributed by atoms with Gasteiger partial charge in [0.25, 0.3) is 0 Å². The number of amides is 2. The van der Waals surface area contributed by atoms with Gasteiger partial charge in [0, 0.05) is 42.8 Å². The van der Waals surface area contributed by atoms with Gasteiger partial charge in [0.1, 0.15) is 6.07 Å². The van der Waals surface area contributed by atoms with Crippen molar-refractivity contribution in [2.45, 2.75) is 25.3 Å². The maximum atomic E-state index is 12.8. The third-order valence-corrected chi connectivity index (χ3v) is 6.93. The Morgan fingerprint density at radius 1 is 1.11 bits per heavy atom. The van der Waals surface area contributed by atoms with Crippen LogP contribution < -0.4 is 15.5 Å². The van der Waals surface area contributed by atoms with Crippen molar-refractivity contribution in [2.75, 3.05) is 55.0 Å². The second-order valence-electron chi connectivity index (χ2n) is 9.36. The number of hydrogen-bond donors (Lipinski definition) is 3. The number of aliphatic hydroxyl groups is 1. The molecule has 2 aliphatic rings. The smallest absolute Gasteiger partial charge is 0.322 e. The first-order valence-corrected chi connectivity index (χ1v) is 12.9. The van der Waals surface area contributed by atoms with Gasteiger partial charge in [-0.2, -0.15) is 5.26 Å². The van der Waals surface area contributed by atoms with Crippen LogP contribution in [0.2, 0.25) is 0 Å². The highest BCUT2D eigenvalue weighted by atomic mass is 16.5. The highest BCUT2D eigenvalue weighted by Gasteiger charge is 2.26. The standard InChI is InChI=1S/C28H31N7O3/c29-18-21-17-20(4-9-25(21)33-28(37)35-12-2-1-3-24(35)19-36)26-10-11-30-27(32-26)31-22-5-7-23(8-6-22)34-13-15-38-16-14-34/h4-11,17,24,36H,1-3,12-16,19H2,(H,33,37)(H,30,31,32). The lowest BCUT2D eigenvalue weighted by Gasteiger charge is -2.34. The summed E-state index contributed by atoms with van der Waals surface area (Å²) in [5.74, 6) is 0.442. The minimum Gasteiger partial charge on any atom is -0.394 e. The molecule has 2 saturated heterocycles. The van der Waals surface area contributed by atoms with Gasteiger partial charge in [-0.1, -0.05) is 6.07 Å². The van der Waals surface area contributed by atoms with Crippen LogP contribution in [0.15, 0.2) is 54.7 Å². The molecule has 2 amide bonds. The first kappa shape index (κ1) is 25.4. The van der Waals surface area contributed by atoms with E-state index in [1.165, 1.54) is 0 Å². The third kappa shape index (κ3) is 5.85. The second-order valence-corrected chi connectivity index (χ2v) is 9.36. The number of benzene rings is 2. The largest absolute Gasteiger partial charge is 0.394 e. The van der Waals surface area contributed by atoms with Crippen molar-refractivity contribution in [3.63, 3.8) is 0 Å². The van der Waals surface area contributed by atoms with Crippen molar-refractivity contribution < 1.29 is 14.6 Å². The van der Waals surface area contributed by atoms with Gasteiger partial charge in [0.15, 0.2) is 0 Å².